The highest BCUT2D eigenvalue weighted by Crippen LogP contribution is 2.58. The molecule has 102 valence electrons. The summed E-state index contributed by atoms with van der Waals surface area (Å²) in [6, 6.07) is 0. The summed E-state index contributed by atoms with van der Waals surface area (Å²) < 4.78 is 0. The highest BCUT2D eigenvalue weighted by atomic mass is 16.3. The van der Waals surface area contributed by atoms with Crippen molar-refractivity contribution in [2.75, 3.05) is 0 Å². The third-order valence-electron chi connectivity index (χ3n) is 5.39. The second-order valence-electron chi connectivity index (χ2n) is 6.58. The van der Waals surface area contributed by atoms with E-state index in [1.807, 2.05) is 39.0 Å². The maximum Gasteiger partial charge on any atom is 0.174 e. The van der Waals surface area contributed by atoms with Crippen molar-refractivity contribution >= 4 is 5.78 Å². The lowest BCUT2D eigenvalue weighted by molar-refractivity contribution is -0.163. The van der Waals surface area contributed by atoms with Crippen LogP contribution in [-0.2, 0) is 4.79 Å². The average Bonchev–Trinajstić information content (AvgIpc) is 2.34. The summed E-state index contributed by atoms with van der Waals surface area (Å²) in [4.78, 5) is 12.6. The lowest BCUT2D eigenvalue weighted by Gasteiger charge is -2.56. The van der Waals surface area contributed by atoms with Crippen LogP contribution in [0.3, 0.4) is 0 Å². The summed E-state index contributed by atoms with van der Waals surface area (Å²) in [7, 11) is 0. The summed E-state index contributed by atoms with van der Waals surface area (Å²) in [5, 5.41) is 20.7. The molecule has 0 aliphatic heterocycles. The molecule has 5 atom stereocenters. The lowest BCUT2D eigenvalue weighted by Crippen LogP contribution is -2.64. The van der Waals surface area contributed by atoms with Gasteiger partial charge in [0.2, 0.25) is 0 Å². The van der Waals surface area contributed by atoms with Gasteiger partial charge in [0.1, 0.15) is 11.4 Å². The van der Waals surface area contributed by atoms with Gasteiger partial charge in [0.15, 0.2) is 5.78 Å². The van der Waals surface area contributed by atoms with Crippen LogP contribution < -0.4 is 0 Å². The molecule has 4 rings (SSSR count). The molecule has 0 aromatic rings. The Kier molecular flexibility index (Phi) is 2.27. The molecule has 4 aliphatic rings. The zero-order chi connectivity index (χ0) is 14.2. The quantitative estimate of drug-likeness (QED) is 0.658. The van der Waals surface area contributed by atoms with Gasteiger partial charge >= 0.3 is 0 Å². The zero-order valence-electron chi connectivity index (χ0n) is 11.8. The highest BCUT2D eigenvalue weighted by Gasteiger charge is 2.63. The van der Waals surface area contributed by atoms with Gasteiger partial charge < -0.3 is 10.2 Å². The van der Waals surface area contributed by atoms with E-state index in [2.05, 4.69) is 0 Å². The summed E-state index contributed by atoms with van der Waals surface area (Å²) in [5.74, 6) is -0.00288. The van der Waals surface area contributed by atoms with Crippen LogP contribution in [0.5, 0.6) is 0 Å². The normalized spacial score (nSPS) is 48.4. The molecule has 2 bridgehead atoms. The van der Waals surface area contributed by atoms with E-state index in [-0.39, 0.29) is 23.5 Å². The van der Waals surface area contributed by atoms with Gasteiger partial charge in [-0.1, -0.05) is 18.2 Å². The maximum atomic E-state index is 12.6. The minimum Gasteiger partial charge on any atom is -0.508 e. The Morgan fingerprint density at radius 3 is 2.47 bits per heavy atom. The van der Waals surface area contributed by atoms with E-state index in [0.29, 0.717) is 5.76 Å². The molecule has 0 aromatic carbocycles. The van der Waals surface area contributed by atoms with Crippen molar-refractivity contribution in [1.82, 2.24) is 0 Å². The molecule has 3 nitrogen and oxygen atoms in total. The van der Waals surface area contributed by atoms with Crippen molar-refractivity contribution < 1.29 is 15.0 Å². The number of allylic oxidation sites excluding steroid dienone is 4. The number of ketones is 1. The molecule has 2 N–H and O–H groups in total. The second-order valence-corrected chi connectivity index (χ2v) is 6.58. The molecule has 0 unspecified atom stereocenters. The van der Waals surface area contributed by atoms with Crippen LogP contribution in [0.1, 0.15) is 27.7 Å². The topological polar surface area (TPSA) is 57.5 Å². The number of carbonyl (C=O) groups is 1. The first-order chi connectivity index (χ1) is 8.71. The number of Topliss-reactive ketones (excluding diaryl/α,β-unsaturated/α-hetero) is 1. The molecule has 0 aromatic heterocycles. The van der Waals surface area contributed by atoms with Crippen LogP contribution in [0.4, 0.5) is 0 Å². The number of carbonyl (C=O) groups excluding carboxylic acids is 1. The van der Waals surface area contributed by atoms with Gasteiger partial charge in [-0.2, -0.15) is 0 Å². The van der Waals surface area contributed by atoms with Gasteiger partial charge in [-0.05, 0) is 38.8 Å². The Labute approximate surface area is 113 Å². The first kappa shape index (κ1) is 12.7. The summed E-state index contributed by atoms with van der Waals surface area (Å²) in [6.45, 7) is 7.27. The van der Waals surface area contributed by atoms with Gasteiger partial charge in [0.25, 0.3) is 0 Å². The Balaban J connectivity index is 2.24. The fraction of sp³-hybridized carbons (Fsp3) is 0.562. The Hall–Kier alpha value is -1.35. The van der Waals surface area contributed by atoms with Crippen LogP contribution in [0.2, 0.25) is 0 Å². The molecule has 19 heavy (non-hydrogen) atoms. The van der Waals surface area contributed by atoms with E-state index in [0.717, 1.165) is 11.1 Å². The predicted molar refractivity (Wildman–Crippen MR) is 72.4 cm³/mol. The van der Waals surface area contributed by atoms with Crippen molar-refractivity contribution in [2.45, 2.75) is 33.3 Å². The van der Waals surface area contributed by atoms with Crippen LogP contribution in [0.15, 0.2) is 35.1 Å². The second kappa shape index (κ2) is 3.40. The molecule has 0 radical (unpaired) electrons. The van der Waals surface area contributed by atoms with E-state index >= 15 is 0 Å². The lowest BCUT2D eigenvalue weighted by atomic mass is 9.47. The molecule has 1 saturated carbocycles. The van der Waals surface area contributed by atoms with Crippen LogP contribution in [0, 0.1) is 23.2 Å². The monoisotopic (exact) mass is 260 g/mol. The number of aliphatic hydroxyl groups is 2. The number of rotatable bonds is 0. The van der Waals surface area contributed by atoms with E-state index in [9.17, 15) is 15.0 Å². The van der Waals surface area contributed by atoms with Crippen molar-refractivity contribution in [3.63, 3.8) is 0 Å². The van der Waals surface area contributed by atoms with E-state index in [4.69, 9.17) is 0 Å². The van der Waals surface area contributed by atoms with Crippen molar-refractivity contribution in [3.05, 3.63) is 35.1 Å². The largest absolute Gasteiger partial charge is 0.508 e. The van der Waals surface area contributed by atoms with Crippen LogP contribution in [0.25, 0.3) is 0 Å². The van der Waals surface area contributed by atoms with Gasteiger partial charge in [0.05, 0.1) is 5.41 Å². The summed E-state index contributed by atoms with van der Waals surface area (Å²) in [5.41, 5.74) is -0.302. The molecule has 0 heterocycles. The smallest absolute Gasteiger partial charge is 0.174 e. The first-order valence-corrected chi connectivity index (χ1v) is 6.76. The van der Waals surface area contributed by atoms with Crippen molar-refractivity contribution in [3.8, 4) is 0 Å². The van der Waals surface area contributed by atoms with Gasteiger partial charge in [-0.15, -0.1) is 0 Å². The van der Waals surface area contributed by atoms with Crippen molar-refractivity contribution in [2.24, 2.45) is 23.2 Å². The molecule has 0 spiro atoms. The molecule has 0 amide bonds. The third kappa shape index (κ3) is 1.29. The number of aliphatic hydroxyl groups excluding tert-OH is 1. The van der Waals surface area contributed by atoms with E-state index in [1.54, 1.807) is 6.92 Å². The van der Waals surface area contributed by atoms with E-state index < -0.39 is 11.0 Å². The summed E-state index contributed by atoms with van der Waals surface area (Å²) in [6.07, 6.45) is 5.89. The fourth-order valence-corrected chi connectivity index (χ4v) is 4.22. The number of hydrogen-bond donors (Lipinski definition) is 2. The number of hydrogen-bond acceptors (Lipinski definition) is 3. The Morgan fingerprint density at radius 1 is 1.21 bits per heavy atom. The summed E-state index contributed by atoms with van der Waals surface area (Å²) >= 11 is 0. The van der Waals surface area contributed by atoms with Gasteiger partial charge in [-0.25, -0.2) is 0 Å². The molecule has 1 fully saturated rings. The third-order valence-corrected chi connectivity index (χ3v) is 5.39. The van der Waals surface area contributed by atoms with Gasteiger partial charge in [-0.3, -0.25) is 4.79 Å². The van der Waals surface area contributed by atoms with Crippen LogP contribution in [-0.4, -0.2) is 21.6 Å². The molecule has 4 aliphatic carbocycles. The van der Waals surface area contributed by atoms with E-state index in [1.165, 1.54) is 0 Å². The molecule has 0 saturated heterocycles. The average molecular weight is 260 g/mol. The standard InChI is InChI=1S/C16H20O3/c1-8-7-11-12(9(2)13(8)17)10-5-6-15(11,3)14(18)16(10,4)19/h5-7,10-12,17,19H,1-4H3/t10-,11-,12-,15-,16+/m1/s1. The van der Waals surface area contributed by atoms with Gasteiger partial charge in [0, 0.05) is 17.8 Å². The Morgan fingerprint density at radius 2 is 1.84 bits per heavy atom. The minimum atomic E-state index is -1.34. The molecular formula is C16H20O3. The molecule has 3 heteroatoms. The molecular weight excluding hydrogens is 240 g/mol. The van der Waals surface area contributed by atoms with Crippen molar-refractivity contribution in [1.29, 1.82) is 0 Å². The maximum absolute atomic E-state index is 12.6. The Bertz CT molecular complexity index is 565. The fourth-order valence-electron chi connectivity index (χ4n) is 4.22. The predicted octanol–water partition coefficient (Wildman–Crippen LogP) is 2.54. The highest BCUT2D eigenvalue weighted by molar-refractivity contribution is 5.97. The first-order valence-electron chi connectivity index (χ1n) is 6.76. The zero-order valence-corrected chi connectivity index (χ0v) is 11.8. The SMILES string of the molecule is CC1=C[C@@H]2[C@H](C(C)=C1O)[C@H]1C=C[C@@]2(C)C(=O)[C@@]1(C)O. The van der Waals surface area contributed by atoms with Crippen LogP contribution >= 0.6 is 0 Å². The minimum absolute atomic E-state index is 0.00593. The number of fused-ring (bicyclic) bond motifs is 1.